The molecule has 0 heterocycles. The van der Waals surface area contributed by atoms with Crippen molar-refractivity contribution in [3.8, 4) is 11.8 Å². The predicted octanol–water partition coefficient (Wildman–Crippen LogP) is 3.40. The first-order valence-corrected chi connectivity index (χ1v) is 7.99. The molecule has 114 valence electrons. The Morgan fingerprint density at radius 2 is 2.05 bits per heavy atom. The van der Waals surface area contributed by atoms with Crippen LogP contribution in [0.3, 0.4) is 0 Å². The van der Waals surface area contributed by atoms with E-state index < -0.39 is 5.60 Å². The molecule has 0 bridgehead atoms. The Hall–Kier alpha value is -1.67. The second-order valence-corrected chi connectivity index (χ2v) is 6.55. The lowest BCUT2D eigenvalue weighted by Gasteiger charge is -2.19. The van der Waals surface area contributed by atoms with E-state index in [4.69, 9.17) is 14.7 Å². The molecule has 0 fully saturated rings. The van der Waals surface area contributed by atoms with Crippen molar-refractivity contribution < 1.29 is 14.3 Å². The number of hydrogen-bond donors (Lipinski definition) is 0. The number of para-hydroxylation sites is 1. The van der Waals surface area contributed by atoms with Gasteiger partial charge in [-0.05, 0) is 45.1 Å². The van der Waals surface area contributed by atoms with Gasteiger partial charge in [0.15, 0.2) is 0 Å². The smallest absolute Gasteiger partial charge is 0.316 e. The highest BCUT2D eigenvalue weighted by Crippen LogP contribution is 2.17. The third-order valence-electron chi connectivity index (χ3n) is 2.34. The number of nitriles is 1. The lowest BCUT2D eigenvalue weighted by molar-refractivity contribution is -0.151. The minimum Gasteiger partial charge on any atom is -0.492 e. The molecule has 0 aliphatic heterocycles. The lowest BCUT2D eigenvalue weighted by atomic mass is 10.2. The van der Waals surface area contributed by atoms with E-state index in [1.165, 1.54) is 11.8 Å². The van der Waals surface area contributed by atoms with Gasteiger partial charge >= 0.3 is 5.97 Å². The van der Waals surface area contributed by atoms with E-state index in [1.807, 2.05) is 32.9 Å². The van der Waals surface area contributed by atoms with E-state index >= 15 is 0 Å². The maximum absolute atomic E-state index is 11.5. The van der Waals surface area contributed by atoms with Gasteiger partial charge in [0, 0.05) is 0 Å². The zero-order valence-corrected chi connectivity index (χ0v) is 13.5. The number of carbonyl (C=O) groups excluding carboxylic acids is 1. The number of nitrogens with zero attached hydrogens (tertiary/aromatic N) is 1. The van der Waals surface area contributed by atoms with Crippen molar-refractivity contribution in [2.75, 3.05) is 18.1 Å². The molecule has 0 radical (unpaired) electrons. The van der Waals surface area contributed by atoms with Gasteiger partial charge in [-0.25, -0.2) is 0 Å². The molecule has 0 saturated heterocycles. The van der Waals surface area contributed by atoms with Crippen molar-refractivity contribution in [2.45, 2.75) is 32.8 Å². The van der Waals surface area contributed by atoms with Crippen molar-refractivity contribution in [3.05, 3.63) is 29.8 Å². The molecule has 1 rings (SSSR count). The maximum Gasteiger partial charge on any atom is 0.316 e. The summed E-state index contributed by atoms with van der Waals surface area (Å²) in [5, 5.41) is 8.93. The molecule has 4 nitrogen and oxygen atoms in total. The van der Waals surface area contributed by atoms with Crippen LogP contribution in [-0.4, -0.2) is 29.7 Å². The van der Waals surface area contributed by atoms with Gasteiger partial charge in [0.05, 0.1) is 17.9 Å². The Kier molecular flexibility index (Phi) is 7.10. The molecule has 0 N–H and O–H groups in total. The van der Waals surface area contributed by atoms with Gasteiger partial charge in [-0.2, -0.15) is 17.0 Å². The molecule has 21 heavy (non-hydrogen) atoms. The summed E-state index contributed by atoms with van der Waals surface area (Å²) in [6.07, 6.45) is 0.813. The van der Waals surface area contributed by atoms with Gasteiger partial charge in [-0.3, -0.25) is 4.79 Å². The van der Waals surface area contributed by atoms with E-state index in [1.54, 1.807) is 12.1 Å². The number of thioether (sulfide) groups is 1. The summed E-state index contributed by atoms with van der Waals surface area (Å²) in [6.45, 7) is 6.10. The third kappa shape index (κ3) is 7.62. The Morgan fingerprint density at radius 3 is 2.71 bits per heavy atom. The molecule has 1 aromatic carbocycles. The van der Waals surface area contributed by atoms with Crippen molar-refractivity contribution in [1.82, 2.24) is 0 Å². The molecular formula is C16H21NO3S. The van der Waals surface area contributed by atoms with Crippen LogP contribution in [0.1, 0.15) is 32.8 Å². The molecule has 0 atom stereocenters. The molecule has 1 aromatic rings. The molecule has 0 unspecified atom stereocenters. The lowest BCUT2D eigenvalue weighted by Crippen LogP contribution is -2.25. The normalized spacial score (nSPS) is 10.8. The third-order valence-corrected chi connectivity index (χ3v) is 3.36. The summed E-state index contributed by atoms with van der Waals surface area (Å²) in [7, 11) is 0. The highest BCUT2D eigenvalue weighted by atomic mass is 32.2. The predicted molar refractivity (Wildman–Crippen MR) is 84.4 cm³/mol. The fourth-order valence-corrected chi connectivity index (χ4v) is 2.25. The summed E-state index contributed by atoms with van der Waals surface area (Å²) in [5.41, 5.74) is 0.112. The van der Waals surface area contributed by atoms with E-state index in [0.29, 0.717) is 23.7 Å². The summed E-state index contributed by atoms with van der Waals surface area (Å²) in [5.74, 6) is 1.58. The van der Waals surface area contributed by atoms with Crippen LogP contribution < -0.4 is 4.74 Å². The summed E-state index contributed by atoms with van der Waals surface area (Å²) >= 11 is 1.53. The van der Waals surface area contributed by atoms with Crippen LogP contribution in [0.5, 0.6) is 5.75 Å². The number of ether oxygens (including phenoxy) is 2. The van der Waals surface area contributed by atoms with Crippen molar-refractivity contribution in [2.24, 2.45) is 0 Å². The van der Waals surface area contributed by atoms with E-state index in [9.17, 15) is 4.79 Å². The molecule has 0 saturated carbocycles. The number of esters is 1. The Morgan fingerprint density at radius 1 is 1.33 bits per heavy atom. The van der Waals surface area contributed by atoms with Gasteiger partial charge in [0.25, 0.3) is 0 Å². The number of rotatable bonds is 7. The standard InChI is InChI=1S/C16H21NO3S/c1-16(2,3)20-15(18)12-21-10-6-9-19-14-8-5-4-7-13(14)11-17/h4-5,7-8H,6,9-10,12H2,1-3H3. The van der Waals surface area contributed by atoms with Crippen molar-refractivity contribution in [3.63, 3.8) is 0 Å². The van der Waals surface area contributed by atoms with E-state index in [2.05, 4.69) is 6.07 Å². The second-order valence-electron chi connectivity index (χ2n) is 5.45. The fourth-order valence-electron chi connectivity index (χ4n) is 1.55. The molecular weight excluding hydrogens is 286 g/mol. The Bertz CT molecular complexity index is 503. The first-order chi connectivity index (χ1) is 9.92. The zero-order chi connectivity index (χ0) is 15.7. The van der Waals surface area contributed by atoms with Crippen LogP contribution >= 0.6 is 11.8 Å². The van der Waals surface area contributed by atoms with Crippen molar-refractivity contribution in [1.29, 1.82) is 5.26 Å². The molecule has 0 aliphatic rings. The fraction of sp³-hybridized carbons (Fsp3) is 0.500. The minimum absolute atomic E-state index is 0.191. The van der Waals surface area contributed by atoms with Crippen LogP contribution in [0.4, 0.5) is 0 Å². The average Bonchev–Trinajstić information content (AvgIpc) is 2.41. The zero-order valence-electron chi connectivity index (χ0n) is 12.7. The van der Waals surface area contributed by atoms with Gasteiger partial charge in [-0.1, -0.05) is 12.1 Å². The molecule has 0 spiro atoms. The minimum atomic E-state index is -0.429. The summed E-state index contributed by atoms with van der Waals surface area (Å²) < 4.78 is 10.8. The van der Waals surface area contributed by atoms with Crippen LogP contribution in [0, 0.1) is 11.3 Å². The summed E-state index contributed by atoms with van der Waals surface area (Å²) in [4.78, 5) is 11.5. The average molecular weight is 307 g/mol. The van der Waals surface area contributed by atoms with E-state index in [-0.39, 0.29) is 5.97 Å². The van der Waals surface area contributed by atoms with Gasteiger partial charge in [0.1, 0.15) is 17.4 Å². The van der Waals surface area contributed by atoms with Crippen LogP contribution in [0.15, 0.2) is 24.3 Å². The van der Waals surface area contributed by atoms with Crippen LogP contribution in [-0.2, 0) is 9.53 Å². The van der Waals surface area contributed by atoms with Crippen LogP contribution in [0.2, 0.25) is 0 Å². The SMILES string of the molecule is CC(C)(C)OC(=O)CSCCCOc1ccccc1C#N. The number of hydrogen-bond acceptors (Lipinski definition) is 5. The van der Waals surface area contributed by atoms with Crippen LogP contribution in [0.25, 0.3) is 0 Å². The largest absolute Gasteiger partial charge is 0.492 e. The van der Waals surface area contributed by atoms with Crippen molar-refractivity contribution >= 4 is 17.7 Å². The van der Waals surface area contributed by atoms with E-state index in [0.717, 1.165) is 12.2 Å². The number of carbonyl (C=O) groups is 1. The molecule has 0 aliphatic carbocycles. The quantitative estimate of drug-likeness (QED) is 0.571. The van der Waals surface area contributed by atoms with Gasteiger partial charge < -0.3 is 9.47 Å². The molecule has 5 heteroatoms. The monoisotopic (exact) mass is 307 g/mol. The first-order valence-electron chi connectivity index (χ1n) is 6.84. The highest BCUT2D eigenvalue weighted by Gasteiger charge is 2.15. The Balaban J connectivity index is 2.15. The van der Waals surface area contributed by atoms with Gasteiger partial charge in [0.2, 0.25) is 0 Å². The topological polar surface area (TPSA) is 59.3 Å². The Labute approximate surface area is 130 Å². The summed E-state index contributed by atoms with van der Waals surface area (Å²) in [6, 6.07) is 9.25. The second kappa shape index (κ2) is 8.58. The maximum atomic E-state index is 11.5. The number of benzene rings is 1. The van der Waals surface area contributed by atoms with Gasteiger partial charge in [-0.15, -0.1) is 0 Å². The first kappa shape index (κ1) is 17.4. The molecule has 0 amide bonds. The highest BCUT2D eigenvalue weighted by molar-refractivity contribution is 7.99. The molecule has 0 aromatic heterocycles.